The van der Waals surface area contributed by atoms with Crippen LogP contribution in [0.3, 0.4) is 0 Å². The Labute approximate surface area is 174 Å². The number of ether oxygens (including phenoxy) is 1. The summed E-state index contributed by atoms with van der Waals surface area (Å²) >= 11 is 0. The highest BCUT2D eigenvalue weighted by Crippen LogP contribution is 2.26. The zero-order valence-corrected chi connectivity index (χ0v) is 17.3. The number of rotatable bonds is 8. The van der Waals surface area contributed by atoms with E-state index in [0.29, 0.717) is 17.7 Å². The molecule has 0 spiro atoms. The zero-order chi connectivity index (χ0) is 22.3. The number of hydrogen-bond acceptors (Lipinski definition) is 6. The van der Waals surface area contributed by atoms with Crippen LogP contribution in [0.1, 0.15) is 54.9 Å². The molecule has 0 saturated heterocycles. The second-order valence-corrected chi connectivity index (χ2v) is 6.92. The van der Waals surface area contributed by atoms with Crippen LogP contribution >= 0.6 is 0 Å². The maximum atomic E-state index is 12.7. The Morgan fingerprint density at radius 1 is 1.20 bits per heavy atom. The first kappa shape index (κ1) is 23.0. The molecule has 2 rings (SSSR count). The number of esters is 1. The van der Waals surface area contributed by atoms with E-state index in [1.807, 2.05) is 6.92 Å². The number of aliphatic hydroxyl groups is 1. The fraction of sp³-hybridized carbons (Fsp3) is 0.364. The zero-order valence-electron chi connectivity index (χ0n) is 17.3. The molecule has 8 heteroatoms. The van der Waals surface area contributed by atoms with E-state index >= 15 is 0 Å². The van der Waals surface area contributed by atoms with Gasteiger partial charge in [-0.15, -0.1) is 0 Å². The van der Waals surface area contributed by atoms with Crippen molar-refractivity contribution in [3.8, 4) is 0 Å². The van der Waals surface area contributed by atoms with E-state index in [1.165, 1.54) is 23.8 Å². The highest BCUT2D eigenvalue weighted by atomic mass is 16.5. The van der Waals surface area contributed by atoms with Gasteiger partial charge in [0.15, 0.2) is 11.5 Å². The molecule has 2 N–H and O–H groups in total. The number of hydrogen-bond donors (Lipinski definition) is 2. The highest BCUT2D eigenvalue weighted by Gasteiger charge is 2.24. The number of aliphatic hydroxyl groups excluding tert-OH is 1. The van der Waals surface area contributed by atoms with Crippen molar-refractivity contribution in [2.24, 2.45) is 5.92 Å². The number of nitrogens with one attached hydrogen (secondary N) is 1. The molecular weight excluding hydrogens is 388 g/mol. The standard InChI is InChI=1S/C22H26N2O6/c1-4-14(2)21(28)23-22(29)17-13-24(10-11-25)18(12-19(17)27)20(30-15(3)26)16-8-6-5-7-9-16/h5-9,12-14,20,25H,4,10-11H2,1-3H3,(H,23,28,29). The molecule has 2 unspecified atom stereocenters. The fourth-order valence-electron chi connectivity index (χ4n) is 2.87. The first-order valence-corrected chi connectivity index (χ1v) is 9.71. The lowest BCUT2D eigenvalue weighted by atomic mass is 10.0. The summed E-state index contributed by atoms with van der Waals surface area (Å²) in [6.45, 7) is 4.53. The molecule has 0 fully saturated rings. The molecule has 2 aromatic rings. The molecule has 8 nitrogen and oxygen atoms in total. The average molecular weight is 414 g/mol. The van der Waals surface area contributed by atoms with Crippen molar-refractivity contribution in [1.29, 1.82) is 0 Å². The molecule has 0 aliphatic carbocycles. The topological polar surface area (TPSA) is 115 Å². The van der Waals surface area contributed by atoms with Crippen LogP contribution in [0.5, 0.6) is 0 Å². The minimum Gasteiger partial charge on any atom is -0.451 e. The van der Waals surface area contributed by atoms with E-state index in [9.17, 15) is 24.3 Å². The van der Waals surface area contributed by atoms with Gasteiger partial charge in [0.05, 0.1) is 12.3 Å². The third-order valence-electron chi connectivity index (χ3n) is 4.70. The lowest BCUT2D eigenvalue weighted by Crippen LogP contribution is -2.37. The van der Waals surface area contributed by atoms with Gasteiger partial charge in [0.2, 0.25) is 5.91 Å². The quantitative estimate of drug-likeness (QED) is 0.637. The monoisotopic (exact) mass is 414 g/mol. The van der Waals surface area contributed by atoms with Crippen LogP contribution in [0.4, 0.5) is 0 Å². The summed E-state index contributed by atoms with van der Waals surface area (Å²) in [6, 6.07) is 10.0. The second kappa shape index (κ2) is 10.5. The van der Waals surface area contributed by atoms with Gasteiger partial charge >= 0.3 is 5.97 Å². The lowest BCUT2D eigenvalue weighted by molar-refractivity contribution is -0.145. The maximum Gasteiger partial charge on any atom is 0.303 e. The summed E-state index contributed by atoms with van der Waals surface area (Å²) in [5.74, 6) is -2.21. The Balaban J connectivity index is 2.51. The predicted octanol–water partition coefficient (Wildman–Crippen LogP) is 1.80. The van der Waals surface area contributed by atoms with Crippen LogP contribution in [0, 0.1) is 5.92 Å². The number of carbonyl (C=O) groups is 3. The van der Waals surface area contributed by atoms with E-state index in [2.05, 4.69) is 5.32 Å². The fourth-order valence-corrected chi connectivity index (χ4v) is 2.87. The van der Waals surface area contributed by atoms with Gasteiger partial charge < -0.3 is 14.4 Å². The summed E-state index contributed by atoms with van der Waals surface area (Å²) in [6.07, 6.45) is 0.919. The third kappa shape index (κ3) is 5.64. The number of amides is 2. The number of aromatic nitrogens is 1. The molecule has 1 aromatic heterocycles. The molecule has 0 radical (unpaired) electrons. The summed E-state index contributed by atoms with van der Waals surface area (Å²) in [7, 11) is 0. The first-order valence-electron chi connectivity index (χ1n) is 9.71. The van der Waals surface area contributed by atoms with E-state index in [0.717, 1.165) is 0 Å². The normalized spacial score (nSPS) is 12.7. The van der Waals surface area contributed by atoms with Gasteiger partial charge in [-0.1, -0.05) is 44.2 Å². The highest BCUT2D eigenvalue weighted by molar-refractivity contribution is 6.05. The van der Waals surface area contributed by atoms with Crippen molar-refractivity contribution < 1.29 is 24.2 Å². The van der Waals surface area contributed by atoms with E-state index in [-0.39, 0.29) is 24.6 Å². The Bertz CT molecular complexity index is 967. The molecule has 2 amide bonds. The van der Waals surface area contributed by atoms with Gasteiger partial charge in [0, 0.05) is 31.6 Å². The average Bonchev–Trinajstić information content (AvgIpc) is 2.72. The molecule has 160 valence electrons. The SMILES string of the molecule is CCC(C)C(=O)NC(=O)c1cn(CCO)c(C(OC(C)=O)c2ccccc2)cc1=O. The first-order chi connectivity index (χ1) is 14.3. The summed E-state index contributed by atoms with van der Waals surface area (Å²) < 4.78 is 6.92. The van der Waals surface area contributed by atoms with Crippen molar-refractivity contribution in [3.63, 3.8) is 0 Å². The van der Waals surface area contributed by atoms with Crippen molar-refractivity contribution in [2.45, 2.75) is 39.8 Å². The van der Waals surface area contributed by atoms with Gasteiger partial charge in [-0.25, -0.2) is 0 Å². The van der Waals surface area contributed by atoms with Gasteiger partial charge in [0.1, 0.15) is 5.56 Å². The van der Waals surface area contributed by atoms with Crippen molar-refractivity contribution in [3.05, 3.63) is 69.6 Å². The summed E-state index contributed by atoms with van der Waals surface area (Å²) in [5.41, 5.74) is 0.0726. The molecule has 30 heavy (non-hydrogen) atoms. The summed E-state index contributed by atoms with van der Waals surface area (Å²) in [4.78, 5) is 48.9. The molecule has 0 bridgehead atoms. The minimum atomic E-state index is -0.901. The molecule has 2 atom stereocenters. The van der Waals surface area contributed by atoms with Crippen LogP contribution in [0.25, 0.3) is 0 Å². The van der Waals surface area contributed by atoms with Gasteiger partial charge in [0.25, 0.3) is 5.91 Å². The smallest absolute Gasteiger partial charge is 0.303 e. The van der Waals surface area contributed by atoms with Crippen LogP contribution < -0.4 is 10.7 Å². The van der Waals surface area contributed by atoms with Crippen molar-refractivity contribution in [2.75, 3.05) is 6.61 Å². The minimum absolute atomic E-state index is 0.0554. The molecule has 0 saturated carbocycles. The number of imide groups is 1. The molecule has 0 aliphatic rings. The van der Waals surface area contributed by atoms with Crippen LogP contribution in [-0.4, -0.2) is 34.1 Å². The number of carbonyl (C=O) groups excluding carboxylic acids is 3. The van der Waals surface area contributed by atoms with E-state index < -0.39 is 29.3 Å². The molecule has 0 aliphatic heterocycles. The van der Waals surface area contributed by atoms with Crippen molar-refractivity contribution >= 4 is 17.8 Å². The van der Waals surface area contributed by atoms with Crippen LogP contribution in [-0.2, 0) is 20.9 Å². The Morgan fingerprint density at radius 2 is 1.87 bits per heavy atom. The maximum absolute atomic E-state index is 12.7. The van der Waals surface area contributed by atoms with E-state index in [1.54, 1.807) is 37.3 Å². The Hall–Kier alpha value is -3.26. The second-order valence-electron chi connectivity index (χ2n) is 6.92. The largest absolute Gasteiger partial charge is 0.451 e. The third-order valence-corrected chi connectivity index (χ3v) is 4.70. The van der Waals surface area contributed by atoms with Crippen LogP contribution in [0.2, 0.25) is 0 Å². The van der Waals surface area contributed by atoms with Gasteiger partial charge in [-0.3, -0.25) is 24.5 Å². The van der Waals surface area contributed by atoms with E-state index in [4.69, 9.17) is 4.74 Å². The summed E-state index contributed by atoms with van der Waals surface area (Å²) in [5, 5.41) is 11.7. The Morgan fingerprint density at radius 3 is 2.43 bits per heavy atom. The Kier molecular flexibility index (Phi) is 8.06. The van der Waals surface area contributed by atoms with Gasteiger partial charge in [-0.05, 0) is 12.0 Å². The predicted molar refractivity (Wildman–Crippen MR) is 110 cm³/mol. The number of pyridine rings is 1. The van der Waals surface area contributed by atoms with Crippen LogP contribution in [0.15, 0.2) is 47.4 Å². The van der Waals surface area contributed by atoms with Gasteiger partial charge in [-0.2, -0.15) is 0 Å². The number of benzene rings is 1. The molecular formula is C22H26N2O6. The molecule has 1 heterocycles. The number of nitrogens with zero attached hydrogens (tertiary/aromatic N) is 1. The molecule has 1 aromatic carbocycles. The lowest BCUT2D eigenvalue weighted by Gasteiger charge is -2.22. The van der Waals surface area contributed by atoms with Crippen molar-refractivity contribution in [1.82, 2.24) is 9.88 Å².